The van der Waals surface area contributed by atoms with Crippen LogP contribution in [0.4, 0.5) is 5.69 Å². The number of aryl methyl sites for hydroxylation is 1. The molecule has 1 N–H and O–H groups in total. The number of aromatic nitrogens is 1. The number of hydrogen-bond acceptors (Lipinski definition) is 3. The van der Waals surface area contributed by atoms with Gasteiger partial charge in [-0.15, -0.1) is 10.2 Å². The van der Waals surface area contributed by atoms with Crippen LogP contribution in [-0.4, -0.2) is 15.6 Å². The summed E-state index contributed by atoms with van der Waals surface area (Å²) in [5, 5.41) is 19.5. The van der Waals surface area contributed by atoms with E-state index in [1.165, 1.54) is 6.42 Å². The highest BCUT2D eigenvalue weighted by atomic mass is 16.3. The Morgan fingerprint density at radius 1 is 1.25 bits per heavy atom. The first-order valence-corrected chi connectivity index (χ1v) is 8.78. The van der Waals surface area contributed by atoms with Crippen LogP contribution in [-0.2, 0) is 4.79 Å². The molecule has 0 spiro atoms. The average molecular weight is 327 g/mol. The van der Waals surface area contributed by atoms with Crippen molar-refractivity contribution in [3.05, 3.63) is 23.8 Å². The van der Waals surface area contributed by atoms with Gasteiger partial charge in [0, 0.05) is 17.3 Å². The van der Waals surface area contributed by atoms with E-state index in [0.29, 0.717) is 5.69 Å². The third-order valence-electron chi connectivity index (χ3n) is 4.83. The van der Waals surface area contributed by atoms with Crippen molar-refractivity contribution in [2.45, 2.75) is 58.9 Å². The highest BCUT2D eigenvalue weighted by Gasteiger charge is 2.22. The molecule has 1 saturated carbocycles. The van der Waals surface area contributed by atoms with Gasteiger partial charge in [0.25, 0.3) is 5.91 Å². The first-order valence-electron chi connectivity index (χ1n) is 8.78. The van der Waals surface area contributed by atoms with Gasteiger partial charge >= 0.3 is 0 Å². The van der Waals surface area contributed by atoms with Crippen molar-refractivity contribution in [3.8, 4) is 5.88 Å². The number of azo groups is 1. The van der Waals surface area contributed by atoms with E-state index < -0.39 is 0 Å². The van der Waals surface area contributed by atoms with Crippen LogP contribution in [0.2, 0.25) is 0 Å². The van der Waals surface area contributed by atoms with Gasteiger partial charge < -0.3 is 9.67 Å². The SMILES string of the molecule is Cc1ccc2c(c1)c(N=NC(=O)C1CCCCC1)c(O)n2C(C)C. The molecule has 0 bridgehead atoms. The Balaban J connectivity index is 1.99. The van der Waals surface area contributed by atoms with Gasteiger partial charge in [-0.25, -0.2) is 0 Å². The van der Waals surface area contributed by atoms with Gasteiger partial charge in [0.15, 0.2) is 5.69 Å². The van der Waals surface area contributed by atoms with Gasteiger partial charge in [-0.1, -0.05) is 30.9 Å². The average Bonchev–Trinajstić information content (AvgIpc) is 2.84. The normalized spacial score (nSPS) is 16.5. The number of hydrogen-bond donors (Lipinski definition) is 1. The zero-order chi connectivity index (χ0) is 17.3. The van der Waals surface area contributed by atoms with E-state index in [0.717, 1.165) is 42.1 Å². The van der Waals surface area contributed by atoms with Crippen LogP contribution in [0.5, 0.6) is 5.88 Å². The number of fused-ring (bicyclic) bond motifs is 1. The maximum atomic E-state index is 12.3. The number of carbonyl (C=O) groups excluding carboxylic acids is 1. The molecule has 0 aliphatic heterocycles. The fourth-order valence-corrected chi connectivity index (χ4v) is 3.55. The Bertz CT molecular complexity index is 783. The van der Waals surface area contributed by atoms with Crippen LogP contribution < -0.4 is 0 Å². The molecule has 1 fully saturated rings. The first-order chi connectivity index (χ1) is 11.5. The second kappa shape index (κ2) is 6.75. The van der Waals surface area contributed by atoms with Gasteiger partial charge in [-0.3, -0.25) is 4.79 Å². The Kier molecular flexibility index (Phi) is 4.69. The zero-order valence-electron chi connectivity index (χ0n) is 14.6. The predicted molar refractivity (Wildman–Crippen MR) is 94.8 cm³/mol. The van der Waals surface area contributed by atoms with Crippen LogP contribution in [0.1, 0.15) is 57.6 Å². The van der Waals surface area contributed by atoms with E-state index in [2.05, 4.69) is 10.2 Å². The third kappa shape index (κ3) is 3.07. The summed E-state index contributed by atoms with van der Waals surface area (Å²) >= 11 is 0. The van der Waals surface area contributed by atoms with Crippen LogP contribution in [0.15, 0.2) is 28.4 Å². The van der Waals surface area contributed by atoms with E-state index in [1.807, 2.05) is 43.5 Å². The summed E-state index contributed by atoms with van der Waals surface area (Å²) in [4.78, 5) is 12.3. The fourth-order valence-electron chi connectivity index (χ4n) is 3.55. The van der Waals surface area contributed by atoms with E-state index in [4.69, 9.17) is 0 Å². The van der Waals surface area contributed by atoms with Gasteiger partial charge in [0.2, 0.25) is 5.88 Å². The van der Waals surface area contributed by atoms with Crippen LogP contribution in [0.3, 0.4) is 0 Å². The molecule has 5 nitrogen and oxygen atoms in total. The predicted octanol–water partition coefficient (Wildman–Crippen LogP) is 5.43. The van der Waals surface area contributed by atoms with E-state index in [9.17, 15) is 9.90 Å². The zero-order valence-corrected chi connectivity index (χ0v) is 14.6. The lowest BCUT2D eigenvalue weighted by Crippen LogP contribution is -2.15. The van der Waals surface area contributed by atoms with Crippen LogP contribution in [0, 0.1) is 12.8 Å². The fraction of sp³-hybridized carbons (Fsp3) is 0.526. The second-order valence-corrected chi connectivity index (χ2v) is 7.03. The van der Waals surface area contributed by atoms with Crippen molar-refractivity contribution >= 4 is 22.5 Å². The molecule has 3 rings (SSSR count). The van der Waals surface area contributed by atoms with Crippen molar-refractivity contribution in [1.29, 1.82) is 0 Å². The van der Waals surface area contributed by atoms with E-state index >= 15 is 0 Å². The Labute approximate surface area is 142 Å². The molecule has 24 heavy (non-hydrogen) atoms. The molecule has 0 radical (unpaired) electrons. The number of carbonyl (C=O) groups is 1. The molecule has 128 valence electrons. The summed E-state index contributed by atoms with van der Waals surface area (Å²) in [6, 6.07) is 6.06. The van der Waals surface area contributed by atoms with Gasteiger partial charge in [0.05, 0.1) is 5.52 Å². The molecule has 1 aromatic heterocycles. The Hall–Kier alpha value is -2.17. The number of benzene rings is 1. The summed E-state index contributed by atoms with van der Waals surface area (Å²) in [6.45, 7) is 6.01. The smallest absolute Gasteiger partial charge is 0.267 e. The second-order valence-electron chi connectivity index (χ2n) is 7.03. The molecule has 1 heterocycles. The number of aromatic hydroxyl groups is 1. The van der Waals surface area contributed by atoms with Crippen molar-refractivity contribution in [2.75, 3.05) is 0 Å². The lowest BCUT2D eigenvalue weighted by Gasteiger charge is -2.17. The minimum atomic E-state index is -0.160. The molecular formula is C19H25N3O2. The van der Waals surface area contributed by atoms with E-state index in [1.54, 1.807) is 0 Å². The monoisotopic (exact) mass is 327 g/mol. The molecule has 5 heteroatoms. The standard InChI is InChI=1S/C19H25N3O2/c1-12(2)22-16-10-9-13(3)11-15(16)17(19(22)24)20-21-18(23)14-7-5-4-6-8-14/h9-12,14,24H,4-8H2,1-3H3. The maximum Gasteiger partial charge on any atom is 0.267 e. The Morgan fingerprint density at radius 3 is 2.62 bits per heavy atom. The molecule has 1 aliphatic rings. The number of amides is 1. The molecule has 1 amide bonds. The van der Waals surface area contributed by atoms with E-state index in [-0.39, 0.29) is 23.7 Å². The molecule has 0 atom stereocenters. The summed E-state index contributed by atoms with van der Waals surface area (Å²) < 4.78 is 1.83. The quantitative estimate of drug-likeness (QED) is 0.764. The van der Waals surface area contributed by atoms with Crippen molar-refractivity contribution in [3.63, 3.8) is 0 Å². The molecule has 1 aromatic carbocycles. The highest BCUT2D eigenvalue weighted by Crippen LogP contribution is 2.41. The lowest BCUT2D eigenvalue weighted by molar-refractivity contribution is -0.122. The van der Waals surface area contributed by atoms with Crippen LogP contribution >= 0.6 is 0 Å². The summed E-state index contributed by atoms with van der Waals surface area (Å²) in [6.07, 6.45) is 5.17. The number of nitrogens with zero attached hydrogens (tertiary/aromatic N) is 3. The highest BCUT2D eigenvalue weighted by molar-refractivity contribution is 5.96. The van der Waals surface area contributed by atoms with Crippen molar-refractivity contribution < 1.29 is 9.90 Å². The minimum Gasteiger partial charge on any atom is -0.493 e. The lowest BCUT2D eigenvalue weighted by atomic mass is 9.89. The summed E-state index contributed by atoms with van der Waals surface area (Å²) in [5.74, 6) is -0.0946. The molecule has 0 unspecified atom stereocenters. The van der Waals surface area contributed by atoms with Crippen LogP contribution in [0.25, 0.3) is 10.9 Å². The van der Waals surface area contributed by atoms with Crippen molar-refractivity contribution in [1.82, 2.24) is 4.57 Å². The molecular weight excluding hydrogens is 302 g/mol. The first kappa shape index (κ1) is 16.7. The molecule has 2 aromatic rings. The Morgan fingerprint density at radius 2 is 1.96 bits per heavy atom. The number of rotatable bonds is 3. The topological polar surface area (TPSA) is 66.9 Å². The molecule has 0 saturated heterocycles. The van der Waals surface area contributed by atoms with Gasteiger partial charge in [-0.05, 0) is 45.7 Å². The minimum absolute atomic E-state index is 0.00942. The maximum absolute atomic E-state index is 12.3. The largest absolute Gasteiger partial charge is 0.493 e. The molecule has 1 aliphatic carbocycles. The third-order valence-corrected chi connectivity index (χ3v) is 4.83. The van der Waals surface area contributed by atoms with Crippen molar-refractivity contribution in [2.24, 2.45) is 16.1 Å². The summed E-state index contributed by atoms with van der Waals surface area (Å²) in [5.41, 5.74) is 2.39. The van der Waals surface area contributed by atoms with Gasteiger partial charge in [0.1, 0.15) is 0 Å². The van der Waals surface area contributed by atoms with Gasteiger partial charge in [-0.2, -0.15) is 0 Å². The summed E-state index contributed by atoms with van der Waals surface area (Å²) in [7, 11) is 0.